The molecule has 0 aromatic heterocycles. The second kappa shape index (κ2) is 8.90. The lowest BCUT2D eigenvalue weighted by atomic mass is 9.90. The van der Waals surface area contributed by atoms with Crippen LogP contribution in [0.3, 0.4) is 0 Å². The Kier molecular flexibility index (Phi) is 7.09. The Morgan fingerprint density at radius 1 is 1.06 bits per heavy atom. The van der Waals surface area contributed by atoms with E-state index in [4.69, 9.17) is 19.1 Å². The van der Waals surface area contributed by atoms with Gasteiger partial charge in [0.25, 0.3) is 5.91 Å². The number of carbonyl (C=O) groups excluding carboxylic acids is 3. The SMILES string of the molecule is CN1N=C(c2ccc(S(C)(=N)=O)cc2)C(C)(N(OC(=O)OC(C)(C)C)C(=O)OC(C)(C)C)C1=O. The topological polar surface area (TPSA) is 139 Å². The van der Waals surface area contributed by atoms with Crippen molar-refractivity contribution in [2.45, 2.75) is 70.1 Å². The van der Waals surface area contributed by atoms with Crippen LogP contribution in [0.25, 0.3) is 0 Å². The molecule has 1 aromatic carbocycles. The molecule has 1 aliphatic rings. The van der Waals surface area contributed by atoms with Gasteiger partial charge in [-0.25, -0.2) is 23.6 Å². The average molecular weight is 497 g/mol. The first-order valence-electron chi connectivity index (χ1n) is 10.4. The van der Waals surface area contributed by atoms with Crippen molar-refractivity contribution in [3.05, 3.63) is 29.8 Å². The first-order valence-corrected chi connectivity index (χ1v) is 12.4. The molecule has 0 spiro atoms. The number of hydrazone groups is 1. The smallest absolute Gasteiger partial charge is 0.442 e. The summed E-state index contributed by atoms with van der Waals surface area (Å²) in [7, 11) is -1.57. The van der Waals surface area contributed by atoms with Gasteiger partial charge in [0.05, 0.1) is 9.73 Å². The molecule has 2 amide bonds. The summed E-state index contributed by atoms with van der Waals surface area (Å²) in [4.78, 5) is 44.5. The molecule has 0 fully saturated rings. The van der Waals surface area contributed by atoms with Gasteiger partial charge < -0.3 is 9.47 Å². The highest BCUT2D eigenvalue weighted by Crippen LogP contribution is 2.32. The predicted molar refractivity (Wildman–Crippen MR) is 125 cm³/mol. The minimum atomic E-state index is -2.96. The number of likely N-dealkylation sites (N-methyl/N-ethyl adjacent to an activating group) is 1. The Labute approximate surface area is 199 Å². The summed E-state index contributed by atoms with van der Waals surface area (Å²) in [6.07, 6.45) is -1.02. The molecule has 2 atom stereocenters. The number of rotatable bonds is 3. The Balaban J connectivity index is 2.59. The van der Waals surface area contributed by atoms with Crippen LogP contribution in [0.1, 0.15) is 54.0 Å². The number of benzene rings is 1. The van der Waals surface area contributed by atoms with Crippen LogP contribution in [-0.2, 0) is 28.8 Å². The van der Waals surface area contributed by atoms with Crippen molar-refractivity contribution in [2.24, 2.45) is 5.10 Å². The van der Waals surface area contributed by atoms with Gasteiger partial charge >= 0.3 is 12.2 Å². The molecular weight excluding hydrogens is 464 g/mol. The second-order valence-electron chi connectivity index (χ2n) is 10.0. The van der Waals surface area contributed by atoms with E-state index < -0.39 is 44.6 Å². The molecule has 12 heteroatoms. The summed E-state index contributed by atoms with van der Waals surface area (Å²) in [5, 5.41) is 5.81. The van der Waals surface area contributed by atoms with Gasteiger partial charge in [0, 0.05) is 23.8 Å². The van der Waals surface area contributed by atoms with E-state index in [2.05, 4.69) is 5.10 Å². The lowest BCUT2D eigenvalue weighted by Crippen LogP contribution is -2.61. The Morgan fingerprint density at radius 2 is 1.56 bits per heavy atom. The lowest BCUT2D eigenvalue weighted by Gasteiger charge is -2.36. The molecule has 0 radical (unpaired) electrons. The summed E-state index contributed by atoms with van der Waals surface area (Å²) in [6, 6.07) is 6.00. The van der Waals surface area contributed by atoms with Gasteiger partial charge in [-0.3, -0.25) is 9.63 Å². The zero-order valence-corrected chi connectivity index (χ0v) is 21.7. The molecule has 1 aliphatic heterocycles. The van der Waals surface area contributed by atoms with Gasteiger partial charge in [0.2, 0.25) is 5.54 Å². The molecular formula is C22H32N4O7S. The number of nitrogens with zero attached hydrogens (tertiary/aromatic N) is 3. The van der Waals surface area contributed by atoms with E-state index in [1.165, 1.54) is 44.5 Å². The number of hydroxylamine groups is 2. The van der Waals surface area contributed by atoms with E-state index in [0.717, 1.165) is 5.01 Å². The maximum Gasteiger partial charge on any atom is 0.534 e. The normalized spacial score (nSPS) is 20.3. The largest absolute Gasteiger partial charge is 0.534 e. The Hall–Kier alpha value is -3.15. The molecule has 11 nitrogen and oxygen atoms in total. The minimum Gasteiger partial charge on any atom is -0.442 e. The number of amides is 2. The van der Waals surface area contributed by atoms with Crippen molar-refractivity contribution in [1.82, 2.24) is 10.1 Å². The molecule has 0 saturated heterocycles. The van der Waals surface area contributed by atoms with Gasteiger partial charge in [0.15, 0.2) is 0 Å². The fourth-order valence-corrected chi connectivity index (χ4v) is 3.72. The fourth-order valence-electron chi connectivity index (χ4n) is 3.06. The van der Waals surface area contributed by atoms with Crippen LogP contribution >= 0.6 is 0 Å². The van der Waals surface area contributed by atoms with Crippen LogP contribution < -0.4 is 0 Å². The average Bonchev–Trinajstić information content (AvgIpc) is 2.87. The highest BCUT2D eigenvalue weighted by atomic mass is 32.2. The Morgan fingerprint density at radius 3 is 2.00 bits per heavy atom. The van der Waals surface area contributed by atoms with E-state index >= 15 is 0 Å². The van der Waals surface area contributed by atoms with E-state index in [1.54, 1.807) is 41.5 Å². The Bertz CT molecular complexity index is 1120. The predicted octanol–water partition coefficient (Wildman–Crippen LogP) is 3.76. The number of hydrogen-bond donors (Lipinski definition) is 1. The van der Waals surface area contributed by atoms with Crippen molar-refractivity contribution >= 4 is 33.6 Å². The molecule has 2 rings (SSSR count). The van der Waals surface area contributed by atoms with Gasteiger partial charge in [-0.1, -0.05) is 12.1 Å². The quantitative estimate of drug-likeness (QED) is 0.496. The zero-order chi connectivity index (χ0) is 26.3. The highest BCUT2D eigenvalue weighted by molar-refractivity contribution is 7.91. The van der Waals surface area contributed by atoms with Gasteiger partial charge in [0.1, 0.15) is 16.9 Å². The number of carbonyl (C=O) groups is 3. The van der Waals surface area contributed by atoms with E-state index in [-0.39, 0.29) is 10.6 Å². The van der Waals surface area contributed by atoms with Crippen LogP contribution in [0.2, 0.25) is 0 Å². The summed E-state index contributed by atoms with van der Waals surface area (Å²) < 4.78 is 30.4. The molecule has 0 bridgehead atoms. The summed E-state index contributed by atoms with van der Waals surface area (Å²) in [6.45, 7) is 11.1. The van der Waals surface area contributed by atoms with Gasteiger partial charge in [-0.05, 0) is 60.6 Å². The van der Waals surface area contributed by atoms with Crippen molar-refractivity contribution in [3.63, 3.8) is 0 Å². The second-order valence-corrected chi connectivity index (χ2v) is 12.2. The number of nitrogens with one attached hydrogen (secondary N) is 1. The van der Waals surface area contributed by atoms with Crippen molar-refractivity contribution in [2.75, 3.05) is 13.3 Å². The molecule has 2 unspecified atom stereocenters. The molecule has 34 heavy (non-hydrogen) atoms. The van der Waals surface area contributed by atoms with E-state index in [0.29, 0.717) is 10.6 Å². The van der Waals surface area contributed by atoms with Crippen molar-refractivity contribution < 1.29 is 32.9 Å². The maximum atomic E-state index is 13.3. The standard InChI is InChI=1S/C22H32N4O7S/c1-20(2,3)31-18(28)26(33-19(29)32-21(4,5)6)22(7)16(24-25(8)17(22)27)14-10-12-15(13-11-14)34(9,23)30/h10-13,23H,1-9H3. The number of hydrogen-bond acceptors (Lipinski definition) is 9. The maximum absolute atomic E-state index is 13.3. The molecule has 1 aromatic rings. The third kappa shape index (κ3) is 6.04. The van der Waals surface area contributed by atoms with Crippen LogP contribution in [0.4, 0.5) is 9.59 Å². The molecule has 0 saturated carbocycles. The van der Waals surface area contributed by atoms with Crippen LogP contribution in [-0.4, -0.2) is 68.2 Å². The van der Waals surface area contributed by atoms with Crippen LogP contribution in [0, 0.1) is 4.78 Å². The highest BCUT2D eigenvalue weighted by Gasteiger charge is 2.57. The first-order chi connectivity index (χ1) is 15.3. The van der Waals surface area contributed by atoms with Crippen molar-refractivity contribution in [3.8, 4) is 0 Å². The summed E-state index contributed by atoms with van der Waals surface area (Å²) in [5.74, 6) is -0.666. The van der Waals surface area contributed by atoms with Crippen LogP contribution in [0.15, 0.2) is 34.3 Å². The third-order valence-corrected chi connectivity index (χ3v) is 5.69. The number of ether oxygens (including phenoxy) is 2. The molecule has 1 heterocycles. The lowest BCUT2D eigenvalue weighted by molar-refractivity contribution is -0.176. The first kappa shape index (κ1) is 27.1. The molecule has 0 aliphatic carbocycles. The summed E-state index contributed by atoms with van der Waals surface area (Å²) >= 11 is 0. The van der Waals surface area contributed by atoms with Crippen LogP contribution in [0.5, 0.6) is 0 Å². The molecule has 188 valence electrons. The molecule has 1 N–H and O–H groups in total. The van der Waals surface area contributed by atoms with E-state index in [9.17, 15) is 18.6 Å². The van der Waals surface area contributed by atoms with Gasteiger partial charge in [-0.15, -0.1) is 5.06 Å². The van der Waals surface area contributed by atoms with Gasteiger partial charge in [-0.2, -0.15) is 5.10 Å². The summed E-state index contributed by atoms with van der Waals surface area (Å²) in [5.41, 5.74) is -3.35. The fraction of sp³-hybridized carbons (Fsp3) is 0.545. The third-order valence-electron chi connectivity index (χ3n) is 4.52. The van der Waals surface area contributed by atoms with E-state index in [1.807, 2.05) is 0 Å². The zero-order valence-electron chi connectivity index (χ0n) is 20.9. The van der Waals surface area contributed by atoms with Crippen molar-refractivity contribution in [1.29, 1.82) is 4.78 Å². The monoisotopic (exact) mass is 496 g/mol. The minimum absolute atomic E-state index is 0.0774.